The van der Waals surface area contributed by atoms with Gasteiger partial charge in [0.1, 0.15) is 11.5 Å². The summed E-state index contributed by atoms with van der Waals surface area (Å²) in [4.78, 5) is 0. The molecule has 0 N–H and O–H groups in total. The van der Waals surface area contributed by atoms with Crippen LogP contribution in [-0.4, -0.2) is 24.0 Å². The van der Waals surface area contributed by atoms with Gasteiger partial charge in [-0.05, 0) is 24.3 Å². The van der Waals surface area contributed by atoms with Crippen LogP contribution in [0.4, 0.5) is 4.39 Å². The van der Waals surface area contributed by atoms with Crippen LogP contribution in [0.2, 0.25) is 0 Å². The molecule has 0 saturated carbocycles. The second kappa shape index (κ2) is 5.07. The molecule has 17 heavy (non-hydrogen) atoms. The maximum Gasteiger partial charge on any atom is 0.200 e. The fraction of sp³-hybridized carbons (Fsp3) is 0.250. The number of ether oxygens (including phenoxy) is 2. The van der Waals surface area contributed by atoms with Gasteiger partial charge < -0.3 is 9.47 Å². The molecule has 0 aliphatic rings. The zero-order valence-electron chi connectivity index (χ0n) is 9.63. The first-order valence-electron chi connectivity index (χ1n) is 5.11. The number of aromatic nitrogens is 2. The first-order valence-corrected chi connectivity index (χ1v) is 5.11. The van der Waals surface area contributed by atoms with Gasteiger partial charge in [-0.1, -0.05) is 6.07 Å². The number of methoxy groups -OCH3 is 2. The molecule has 0 amide bonds. The summed E-state index contributed by atoms with van der Waals surface area (Å²) in [5.41, 5.74) is 1.34. The van der Waals surface area contributed by atoms with Crippen molar-refractivity contribution in [2.45, 2.75) is 6.29 Å². The lowest BCUT2D eigenvalue weighted by atomic mass is 10.3. The van der Waals surface area contributed by atoms with Crippen LogP contribution in [0.25, 0.3) is 5.69 Å². The minimum atomic E-state index is -0.527. The van der Waals surface area contributed by atoms with Gasteiger partial charge in [0, 0.05) is 20.4 Å². The molecular weight excluding hydrogens is 223 g/mol. The number of hydrogen-bond acceptors (Lipinski definition) is 3. The Morgan fingerprint density at radius 1 is 1.24 bits per heavy atom. The van der Waals surface area contributed by atoms with Crippen LogP contribution >= 0.6 is 0 Å². The largest absolute Gasteiger partial charge is 0.350 e. The van der Waals surface area contributed by atoms with Crippen LogP contribution in [0.15, 0.2) is 36.5 Å². The van der Waals surface area contributed by atoms with Gasteiger partial charge in [0.25, 0.3) is 0 Å². The third kappa shape index (κ3) is 2.35. The SMILES string of the molecule is COC(OC)c1ccnn1-c1cccc(F)c1. The van der Waals surface area contributed by atoms with Crippen LogP contribution < -0.4 is 0 Å². The number of halogens is 1. The van der Waals surface area contributed by atoms with Crippen molar-refractivity contribution in [1.82, 2.24) is 9.78 Å². The van der Waals surface area contributed by atoms with Crippen molar-refractivity contribution < 1.29 is 13.9 Å². The van der Waals surface area contributed by atoms with Crippen molar-refractivity contribution in [2.24, 2.45) is 0 Å². The maximum absolute atomic E-state index is 13.2. The van der Waals surface area contributed by atoms with Gasteiger partial charge >= 0.3 is 0 Å². The van der Waals surface area contributed by atoms with Crippen LogP contribution in [0.3, 0.4) is 0 Å². The van der Waals surface area contributed by atoms with Gasteiger partial charge in [-0.15, -0.1) is 0 Å². The quantitative estimate of drug-likeness (QED) is 0.764. The lowest BCUT2D eigenvalue weighted by Crippen LogP contribution is -2.11. The molecule has 2 rings (SSSR count). The molecule has 1 heterocycles. The van der Waals surface area contributed by atoms with Gasteiger partial charge in [-0.25, -0.2) is 9.07 Å². The molecule has 0 aliphatic carbocycles. The van der Waals surface area contributed by atoms with Crippen molar-refractivity contribution in [3.63, 3.8) is 0 Å². The van der Waals surface area contributed by atoms with Crippen molar-refractivity contribution >= 4 is 0 Å². The third-order valence-corrected chi connectivity index (χ3v) is 2.39. The molecule has 0 bridgehead atoms. The Balaban J connectivity index is 2.43. The van der Waals surface area contributed by atoms with E-state index in [4.69, 9.17) is 9.47 Å². The number of hydrogen-bond donors (Lipinski definition) is 0. The molecule has 0 spiro atoms. The highest BCUT2D eigenvalue weighted by atomic mass is 19.1. The van der Waals surface area contributed by atoms with Gasteiger partial charge in [0.2, 0.25) is 6.29 Å². The van der Waals surface area contributed by atoms with E-state index in [0.29, 0.717) is 11.4 Å². The zero-order chi connectivity index (χ0) is 12.3. The summed E-state index contributed by atoms with van der Waals surface area (Å²) in [5, 5.41) is 4.13. The van der Waals surface area contributed by atoms with Gasteiger partial charge in [0.05, 0.1) is 5.69 Å². The molecule has 0 unspecified atom stereocenters. The van der Waals surface area contributed by atoms with E-state index >= 15 is 0 Å². The average molecular weight is 236 g/mol. The number of rotatable bonds is 4. The molecule has 0 fully saturated rings. The highest BCUT2D eigenvalue weighted by molar-refractivity contribution is 5.33. The number of benzene rings is 1. The van der Waals surface area contributed by atoms with Crippen LogP contribution in [0, 0.1) is 5.82 Å². The lowest BCUT2D eigenvalue weighted by Gasteiger charge is -2.15. The molecule has 2 aromatic rings. The smallest absolute Gasteiger partial charge is 0.200 e. The van der Waals surface area contributed by atoms with Crippen molar-refractivity contribution in [3.8, 4) is 5.69 Å². The molecule has 1 aromatic heterocycles. The molecule has 5 heteroatoms. The molecule has 0 aliphatic heterocycles. The predicted molar refractivity (Wildman–Crippen MR) is 60.3 cm³/mol. The average Bonchev–Trinajstić information content (AvgIpc) is 2.80. The Bertz CT molecular complexity index is 495. The van der Waals surface area contributed by atoms with Crippen molar-refractivity contribution in [3.05, 3.63) is 48.0 Å². The van der Waals surface area contributed by atoms with E-state index < -0.39 is 6.29 Å². The van der Waals surface area contributed by atoms with Crippen LogP contribution in [0.1, 0.15) is 12.0 Å². The lowest BCUT2D eigenvalue weighted by molar-refractivity contribution is -0.109. The summed E-state index contributed by atoms with van der Waals surface area (Å²) in [7, 11) is 3.08. The van der Waals surface area contributed by atoms with Crippen LogP contribution in [0.5, 0.6) is 0 Å². The standard InChI is InChI=1S/C12H13FN2O2/c1-16-12(17-2)11-6-7-14-15(11)10-5-3-4-9(13)8-10/h3-8,12H,1-2H3. The minimum absolute atomic E-state index is 0.310. The zero-order valence-corrected chi connectivity index (χ0v) is 9.63. The highest BCUT2D eigenvalue weighted by Crippen LogP contribution is 2.20. The van der Waals surface area contributed by atoms with E-state index in [1.54, 1.807) is 29.1 Å². The fourth-order valence-electron chi connectivity index (χ4n) is 1.65. The Morgan fingerprint density at radius 2 is 2.00 bits per heavy atom. The summed E-state index contributed by atoms with van der Waals surface area (Å²) in [5.74, 6) is -0.310. The molecule has 4 nitrogen and oxygen atoms in total. The molecule has 90 valence electrons. The second-order valence-electron chi connectivity index (χ2n) is 3.45. The Kier molecular flexibility index (Phi) is 3.51. The summed E-state index contributed by atoms with van der Waals surface area (Å²) in [6, 6.07) is 7.95. The van der Waals surface area contributed by atoms with Gasteiger partial charge in [-0.2, -0.15) is 5.10 Å². The molecule has 1 aromatic carbocycles. The predicted octanol–water partition coefficient (Wildman–Crippen LogP) is 2.30. The van der Waals surface area contributed by atoms with E-state index in [1.165, 1.54) is 26.4 Å². The van der Waals surface area contributed by atoms with E-state index in [9.17, 15) is 4.39 Å². The van der Waals surface area contributed by atoms with E-state index in [0.717, 1.165) is 0 Å². The Labute approximate surface area is 98.6 Å². The van der Waals surface area contributed by atoms with Crippen molar-refractivity contribution in [1.29, 1.82) is 0 Å². The minimum Gasteiger partial charge on any atom is -0.350 e. The normalized spacial score (nSPS) is 11.1. The summed E-state index contributed by atoms with van der Waals surface area (Å²) in [6.45, 7) is 0. The molecular formula is C12H13FN2O2. The Morgan fingerprint density at radius 3 is 2.65 bits per heavy atom. The third-order valence-electron chi connectivity index (χ3n) is 2.39. The summed E-state index contributed by atoms with van der Waals surface area (Å²) in [6.07, 6.45) is 1.09. The Hall–Kier alpha value is -1.72. The topological polar surface area (TPSA) is 36.3 Å². The molecule has 0 radical (unpaired) electrons. The number of nitrogens with zero attached hydrogens (tertiary/aromatic N) is 2. The first-order chi connectivity index (χ1) is 8.26. The van der Waals surface area contributed by atoms with Crippen molar-refractivity contribution in [2.75, 3.05) is 14.2 Å². The summed E-state index contributed by atoms with van der Waals surface area (Å²) < 4.78 is 25.1. The first kappa shape index (κ1) is 11.8. The van der Waals surface area contributed by atoms with Gasteiger partial charge in [0.15, 0.2) is 0 Å². The highest BCUT2D eigenvalue weighted by Gasteiger charge is 2.15. The molecule has 0 atom stereocenters. The van der Waals surface area contributed by atoms with E-state index in [-0.39, 0.29) is 5.82 Å². The maximum atomic E-state index is 13.2. The monoisotopic (exact) mass is 236 g/mol. The fourth-order valence-corrected chi connectivity index (χ4v) is 1.65. The van der Waals surface area contributed by atoms with E-state index in [2.05, 4.69) is 5.10 Å². The van der Waals surface area contributed by atoms with Gasteiger partial charge in [-0.3, -0.25) is 0 Å². The molecule has 0 saturated heterocycles. The second-order valence-corrected chi connectivity index (χ2v) is 3.45. The van der Waals surface area contributed by atoms with E-state index in [1.807, 2.05) is 0 Å². The summed E-state index contributed by atoms with van der Waals surface area (Å²) >= 11 is 0. The van der Waals surface area contributed by atoms with Crippen LogP contribution in [-0.2, 0) is 9.47 Å².